The molecule has 2 atom stereocenters. The summed E-state index contributed by atoms with van der Waals surface area (Å²) >= 11 is 0. The third kappa shape index (κ3) is 3.47. The van der Waals surface area contributed by atoms with Crippen molar-refractivity contribution in [3.05, 3.63) is 12.2 Å². The van der Waals surface area contributed by atoms with Gasteiger partial charge >= 0.3 is 5.97 Å². The van der Waals surface area contributed by atoms with Crippen LogP contribution in [0.15, 0.2) is 12.2 Å². The Bertz CT molecular complexity index is 224. The first-order chi connectivity index (χ1) is 6.59. The first-order valence-electron chi connectivity index (χ1n) is 4.69. The molecule has 0 aromatic carbocycles. The van der Waals surface area contributed by atoms with Gasteiger partial charge in [0.2, 0.25) is 6.29 Å². The summed E-state index contributed by atoms with van der Waals surface area (Å²) in [6.45, 7) is 7.90. The highest BCUT2D eigenvalue weighted by Crippen LogP contribution is 2.10. The molecular weight excluding hydrogens is 184 g/mol. The van der Waals surface area contributed by atoms with Gasteiger partial charge in [-0.15, -0.1) is 0 Å². The van der Waals surface area contributed by atoms with Gasteiger partial charge in [-0.25, -0.2) is 4.79 Å². The quantitative estimate of drug-likeness (QED) is 0.497. The van der Waals surface area contributed by atoms with Gasteiger partial charge in [0.25, 0.3) is 0 Å². The summed E-state index contributed by atoms with van der Waals surface area (Å²) in [6, 6.07) is 0. The number of rotatable bonds is 2. The van der Waals surface area contributed by atoms with E-state index in [4.69, 9.17) is 14.2 Å². The van der Waals surface area contributed by atoms with Gasteiger partial charge in [-0.2, -0.15) is 0 Å². The molecule has 0 saturated carbocycles. The Morgan fingerprint density at radius 2 is 2.21 bits per heavy atom. The predicted octanol–water partition coefficient (Wildman–Crippen LogP) is 1.26. The van der Waals surface area contributed by atoms with Crippen LogP contribution < -0.4 is 0 Å². The van der Waals surface area contributed by atoms with Crippen molar-refractivity contribution in [2.75, 3.05) is 13.2 Å². The second-order valence-corrected chi connectivity index (χ2v) is 3.42. The molecule has 1 aliphatic rings. The zero-order chi connectivity index (χ0) is 10.6. The van der Waals surface area contributed by atoms with E-state index in [1.807, 2.05) is 6.92 Å². The van der Waals surface area contributed by atoms with Gasteiger partial charge in [-0.05, 0) is 20.3 Å². The van der Waals surface area contributed by atoms with E-state index < -0.39 is 12.3 Å². The minimum Gasteiger partial charge on any atom is -0.430 e. The van der Waals surface area contributed by atoms with Gasteiger partial charge in [0, 0.05) is 5.57 Å². The predicted molar refractivity (Wildman–Crippen MR) is 50.7 cm³/mol. The molecule has 80 valence electrons. The Morgan fingerprint density at radius 3 is 2.86 bits per heavy atom. The standard InChI is InChI=1S/C10H16O4/c1-7(2)10(11)14-9-6-13-8(3)4-5-12-9/h8-9H,1,4-6H2,2-3H3. The van der Waals surface area contributed by atoms with Crippen LogP contribution in [0, 0.1) is 0 Å². The second-order valence-electron chi connectivity index (χ2n) is 3.42. The summed E-state index contributed by atoms with van der Waals surface area (Å²) < 4.78 is 15.6. The van der Waals surface area contributed by atoms with Crippen LogP contribution >= 0.6 is 0 Å². The van der Waals surface area contributed by atoms with Gasteiger partial charge in [0.1, 0.15) is 6.61 Å². The first kappa shape index (κ1) is 11.2. The highest BCUT2D eigenvalue weighted by Gasteiger charge is 2.20. The highest BCUT2D eigenvalue weighted by molar-refractivity contribution is 5.87. The lowest BCUT2D eigenvalue weighted by atomic mass is 10.3. The molecule has 4 heteroatoms. The maximum atomic E-state index is 11.1. The van der Waals surface area contributed by atoms with Gasteiger partial charge in [-0.1, -0.05) is 6.58 Å². The summed E-state index contributed by atoms with van der Waals surface area (Å²) in [4.78, 5) is 11.1. The van der Waals surface area contributed by atoms with Crippen molar-refractivity contribution in [3.63, 3.8) is 0 Å². The van der Waals surface area contributed by atoms with Gasteiger partial charge in [-0.3, -0.25) is 0 Å². The monoisotopic (exact) mass is 200 g/mol. The third-order valence-electron chi connectivity index (χ3n) is 1.93. The normalized spacial score (nSPS) is 27.9. The molecule has 0 radical (unpaired) electrons. The molecule has 0 aromatic rings. The van der Waals surface area contributed by atoms with Crippen LogP contribution in [0.5, 0.6) is 0 Å². The van der Waals surface area contributed by atoms with Crippen molar-refractivity contribution < 1.29 is 19.0 Å². The lowest BCUT2D eigenvalue weighted by molar-refractivity contribution is -0.180. The summed E-state index contributed by atoms with van der Waals surface area (Å²) in [5.74, 6) is -0.437. The average Bonchev–Trinajstić information content (AvgIpc) is 2.31. The fourth-order valence-corrected chi connectivity index (χ4v) is 1.03. The molecule has 0 amide bonds. The minimum absolute atomic E-state index is 0.156. The molecule has 0 N–H and O–H groups in total. The Kier molecular flexibility index (Phi) is 4.10. The summed E-state index contributed by atoms with van der Waals surface area (Å²) in [5, 5.41) is 0. The maximum absolute atomic E-state index is 11.1. The van der Waals surface area contributed by atoms with Crippen molar-refractivity contribution in [3.8, 4) is 0 Å². The van der Waals surface area contributed by atoms with E-state index in [0.29, 0.717) is 18.8 Å². The van der Waals surface area contributed by atoms with Crippen LogP contribution in [-0.4, -0.2) is 31.6 Å². The molecule has 1 heterocycles. The lowest BCUT2D eigenvalue weighted by Gasteiger charge is -2.15. The van der Waals surface area contributed by atoms with Crippen LogP contribution in [0.25, 0.3) is 0 Å². The van der Waals surface area contributed by atoms with Crippen molar-refractivity contribution >= 4 is 5.97 Å². The first-order valence-corrected chi connectivity index (χ1v) is 4.69. The molecule has 1 saturated heterocycles. The highest BCUT2D eigenvalue weighted by atomic mass is 16.7. The number of carbonyl (C=O) groups is 1. The fourth-order valence-electron chi connectivity index (χ4n) is 1.03. The maximum Gasteiger partial charge on any atom is 0.335 e. The topological polar surface area (TPSA) is 44.8 Å². The molecule has 0 spiro atoms. The fraction of sp³-hybridized carbons (Fsp3) is 0.700. The van der Waals surface area contributed by atoms with E-state index in [0.717, 1.165) is 6.42 Å². The molecular formula is C10H16O4. The summed E-state index contributed by atoms with van der Waals surface area (Å²) in [6.07, 6.45) is 0.383. The van der Waals surface area contributed by atoms with Crippen molar-refractivity contribution in [1.82, 2.24) is 0 Å². The Balaban J connectivity index is 2.37. The average molecular weight is 200 g/mol. The van der Waals surface area contributed by atoms with Gasteiger partial charge < -0.3 is 14.2 Å². The summed E-state index contributed by atoms with van der Waals surface area (Å²) in [5.41, 5.74) is 0.367. The zero-order valence-electron chi connectivity index (χ0n) is 8.62. The Labute approximate surface area is 83.8 Å². The lowest BCUT2D eigenvalue weighted by Crippen LogP contribution is -2.25. The molecule has 0 aliphatic carbocycles. The van der Waals surface area contributed by atoms with E-state index in [1.165, 1.54) is 0 Å². The largest absolute Gasteiger partial charge is 0.430 e. The molecule has 1 aliphatic heterocycles. The van der Waals surface area contributed by atoms with Crippen LogP contribution in [0.2, 0.25) is 0 Å². The number of hydrogen-bond acceptors (Lipinski definition) is 4. The number of ether oxygens (including phenoxy) is 3. The van der Waals surface area contributed by atoms with E-state index >= 15 is 0 Å². The Morgan fingerprint density at radius 1 is 1.50 bits per heavy atom. The van der Waals surface area contributed by atoms with E-state index in [9.17, 15) is 4.79 Å². The minimum atomic E-state index is -0.593. The summed E-state index contributed by atoms with van der Waals surface area (Å²) in [7, 11) is 0. The number of hydrogen-bond donors (Lipinski definition) is 0. The van der Waals surface area contributed by atoms with Crippen LogP contribution in [0.3, 0.4) is 0 Å². The third-order valence-corrected chi connectivity index (χ3v) is 1.93. The SMILES string of the molecule is C=C(C)C(=O)OC1COC(C)CCO1. The van der Waals surface area contributed by atoms with Gasteiger partial charge in [0.05, 0.1) is 12.7 Å². The molecule has 4 nitrogen and oxygen atoms in total. The van der Waals surface area contributed by atoms with E-state index in [1.54, 1.807) is 6.92 Å². The smallest absolute Gasteiger partial charge is 0.335 e. The Hall–Kier alpha value is -0.870. The van der Waals surface area contributed by atoms with E-state index in [2.05, 4.69) is 6.58 Å². The molecule has 14 heavy (non-hydrogen) atoms. The van der Waals surface area contributed by atoms with Crippen molar-refractivity contribution in [2.45, 2.75) is 32.7 Å². The van der Waals surface area contributed by atoms with Crippen LogP contribution in [-0.2, 0) is 19.0 Å². The molecule has 1 rings (SSSR count). The van der Waals surface area contributed by atoms with Crippen molar-refractivity contribution in [2.24, 2.45) is 0 Å². The van der Waals surface area contributed by atoms with Gasteiger partial charge in [0.15, 0.2) is 0 Å². The van der Waals surface area contributed by atoms with Crippen LogP contribution in [0.4, 0.5) is 0 Å². The number of carbonyl (C=O) groups excluding carboxylic acids is 1. The van der Waals surface area contributed by atoms with Crippen molar-refractivity contribution in [1.29, 1.82) is 0 Å². The molecule has 0 aromatic heterocycles. The number of esters is 1. The molecule has 0 bridgehead atoms. The van der Waals surface area contributed by atoms with E-state index in [-0.39, 0.29) is 6.10 Å². The van der Waals surface area contributed by atoms with Crippen LogP contribution in [0.1, 0.15) is 20.3 Å². The molecule has 2 unspecified atom stereocenters. The molecule has 1 fully saturated rings. The zero-order valence-corrected chi connectivity index (χ0v) is 8.62. The second kappa shape index (κ2) is 5.12.